The van der Waals surface area contributed by atoms with Gasteiger partial charge in [-0.2, -0.15) is 0 Å². The van der Waals surface area contributed by atoms with Crippen LogP contribution in [0.1, 0.15) is 0 Å². The summed E-state index contributed by atoms with van der Waals surface area (Å²) in [6, 6.07) is 13.7. The fourth-order valence-corrected chi connectivity index (χ4v) is 1.21. The highest BCUT2D eigenvalue weighted by molar-refractivity contribution is 5.78. The van der Waals surface area contributed by atoms with E-state index in [0.29, 0.717) is 5.69 Å². The van der Waals surface area contributed by atoms with Crippen LogP contribution in [0.4, 0.5) is 5.69 Å². The highest BCUT2D eigenvalue weighted by Crippen LogP contribution is 2.29. The Hall–Kier alpha value is -1.50. The molecule has 0 saturated carbocycles. The molecule has 0 amide bonds. The fraction of sp³-hybridized carbons (Fsp3) is 0. The second-order valence-electron chi connectivity index (χ2n) is 2.53. The van der Waals surface area contributed by atoms with Gasteiger partial charge in [-0.05, 0) is 11.6 Å². The van der Waals surface area contributed by atoms with Gasteiger partial charge >= 0.3 is 0 Å². The quantitative estimate of drug-likeness (QED) is 0.540. The number of hydrogen-bond donors (Lipinski definition) is 0. The molecule has 2 aliphatic carbocycles. The molecule has 2 rings (SSSR count). The Labute approximate surface area is 65.8 Å². The summed E-state index contributed by atoms with van der Waals surface area (Å²) < 4.78 is 0. The SMILES string of the molecule is [NH]c1ccc2cccccc1-2. The van der Waals surface area contributed by atoms with Crippen molar-refractivity contribution >= 4 is 5.69 Å². The van der Waals surface area contributed by atoms with Crippen molar-refractivity contribution < 1.29 is 0 Å². The summed E-state index contributed by atoms with van der Waals surface area (Å²) in [7, 11) is 0. The van der Waals surface area contributed by atoms with Crippen molar-refractivity contribution in [1.29, 1.82) is 0 Å². The minimum Gasteiger partial charge on any atom is -0.300 e. The molecule has 11 heavy (non-hydrogen) atoms. The van der Waals surface area contributed by atoms with Crippen molar-refractivity contribution in [2.45, 2.75) is 0 Å². The topological polar surface area (TPSA) is 23.8 Å². The van der Waals surface area contributed by atoms with Crippen LogP contribution in [-0.2, 0) is 0 Å². The molecule has 0 spiro atoms. The Morgan fingerprint density at radius 1 is 0.818 bits per heavy atom. The van der Waals surface area contributed by atoms with Crippen molar-refractivity contribution in [1.82, 2.24) is 5.73 Å². The molecule has 0 aromatic carbocycles. The molecule has 0 aromatic heterocycles. The molecule has 1 radical (unpaired) electrons. The van der Waals surface area contributed by atoms with Crippen LogP contribution >= 0.6 is 0 Å². The molecule has 1 N–H and O–H groups in total. The van der Waals surface area contributed by atoms with Crippen LogP contribution in [0.25, 0.3) is 11.1 Å². The van der Waals surface area contributed by atoms with Crippen molar-refractivity contribution in [2.75, 3.05) is 0 Å². The minimum atomic E-state index is 0.608. The van der Waals surface area contributed by atoms with E-state index < -0.39 is 0 Å². The first-order valence-electron chi connectivity index (χ1n) is 3.57. The molecule has 0 fully saturated rings. The van der Waals surface area contributed by atoms with Gasteiger partial charge in [0.25, 0.3) is 0 Å². The van der Waals surface area contributed by atoms with E-state index in [9.17, 15) is 0 Å². The van der Waals surface area contributed by atoms with Gasteiger partial charge in [-0.1, -0.05) is 36.4 Å². The predicted molar refractivity (Wildman–Crippen MR) is 45.8 cm³/mol. The summed E-state index contributed by atoms with van der Waals surface area (Å²) >= 11 is 0. The van der Waals surface area contributed by atoms with Crippen LogP contribution in [0.15, 0.2) is 42.5 Å². The van der Waals surface area contributed by atoms with E-state index in [-0.39, 0.29) is 0 Å². The summed E-state index contributed by atoms with van der Waals surface area (Å²) in [5.41, 5.74) is 10.3. The Morgan fingerprint density at radius 3 is 2.55 bits per heavy atom. The molecule has 53 valence electrons. The molecule has 1 heteroatoms. The van der Waals surface area contributed by atoms with Gasteiger partial charge in [0.05, 0.1) is 5.69 Å². The highest BCUT2D eigenvalue weighted by Gasteiger charge is 2.02. The van der Waals surface area contributed by atoms with Gasteiger partial charge in [0.2, 0.25) is 0 Å². The predicted octanol–water partition coefficient (Wildman–Crippen LogP) is 2.71. The first-order chi connectivity index (χ1) is 5.38. The summed E-state index contributed by atoms with van der Waals surface area (Å²) in [6.45, 7) is 0. The van der Waals surface area contributed by atoms with Crippen LogP contribution in [0.3, 0.4) is 0 Å². The standard InChI is InChI=1S/C10H8N/c11-10-7-6-8-4-2-1-3-5-9(8)10/h1-7,11H. The summed E-state index contributed by atoms with van der Waals surface area (Å²) in [5.74, 6) is 0. The molecular formula is C10H8N. The van der Waals surface area contributed by atoms with Crippen molar-refractivity contribution in [3.63, 3.8) is 0 Å². The zero-order valence-electron chi connectivity index (χ0n) is 6.04. The molecule has 0 atom stereocenters. The molecule has 1 nitrogen and oxygen atoms in total. The summed E-state index contributed by atoms with van der Waals surface area (Å²) in [4.78, 5) is 0. The van der Waals surface area contributed by atoms with E-state index in [1.54, 1.807) is 0 Å². The van der Waals surface area contributed by atoms with Gasteiger partial charge in [-0.15, -0.1) is 0 Å². The normalized spacial score (nSPS) is 10.2. The maximum absolute atomic E-state index is 7.53. The van der Waals surface area contributed by atoms with E-state index in [4.69, 9.17) is 5.73 Å². The van der Waals surface area contributed by atoms with Crippen LogP contribution in [0, 0.1) is 0 Å². The van der Waals surface area contributed by atoms with Crippen molar-refractivity contribution in [3.05, 3.63) is 42.5 Å². The lowest BCUT2D eigenvalue weighted by Gasteiger charge is -1.90. The molecule has 0 aromatic rings. The zero-order valence-corrected chi connectivity index (χ0v) is 6.04. The monoisotopic (exact) mass is 142 g/mol. The first kappa shape index (κ1) is 6.23. The van der Waals surface area contributed by atoms with Crippen LogP contribution in [0.5, 0.6) is 0 Å². The second kappa shape index (κ2) is 2.27. The average Bonchev–Trinajstić information content (AvgIpc) is 2.25. The van der Waals surface area contributed by atoms with Crippen LogP contribution < -0.4 is 5.73 Å². The van der Waals surface area contributed by atoms with Gasteiger partial charge in [0.1, 0.15) is 0 Å². The third kappa shape index (κ3) is 0.944. The van der Waals surface area contributed by atoms with Gasteiger partial charge in [-0.25, -0.2) is 0 Å². The molecule has 0 aliphatic heterocycles. The Bertz CT molecular complexity index is 341. The van der Waals surface area contributed by atoms with Crippen molar-refractivity contribution in [3.8, 4) is 11.1 Å². The van der Waals surface area contributed by atoms with Gasteiger partial charge in [0.15, 0.2) is 0 Å². The summed E-state index contributed by atoms with van der Waals surface area (Å²) in [5, 5.41) is 0. The first-order valence-corrected chi connectivity index (χ1v) is 3.57. The number of rotatable bonds is 0. The Balaban J connectivity index is 2.75. The minimum absolute atomic E-state index is 0.608. The van der Waals surface area contributed by atoms with Gasteiger partial charge in [0, 0.05) is 5.56 Å². The fourth-order valence-electron chi connectivity index (χ4n) is 1.21. The molecule has 0 bridgehead atoms. The lowest BCUT2D eigenvalue weighted by molar-refractivity contribution is 1.53. The van der Waals surface area contributed by atoms with E-state index in [1.807, 2.05) is 42.5 Å². The Kier molecular flexibility index (Phi) is 1.29. The smallest absolute Gasteiger partial charge is 0.0618 e. The van der Waals surface area contributed by atoms with E-state index >= 15 is 0 Å². The van der Waals surface area contributed by atoms with E-state index in [0.717, 1.165) is 11.1 Å². The van der Waals surface area contributed by atoms with Crippen LogP contribution in [-0.4, -0.2) is 0 Å². The molecule has 2 aliphatic rings. The average molecular weight is 142 g/mol. The van der Waals surface area contributed by atoms with Crippen LogP contribution in [0.2, 0.25) is 0 Å². The third-order valence-electron chi connectivity index (χ3n) is 1.79. The maximum atomic E-state index is 7.53. The second-order valence-corrected chi connectivity index (χ2v) is 2.53. The molecule has 0 saturated heterocycles. The number of nitrogens with one attached hydrogen (secondary N) is 1. The zero-order chi connectivity index (χ0) is 7.68. The van der Waals surface area contributed by atoms with E-state index in [1.165, 1.54) is 0 Å². The maximum Gasteiger partial charge on any atom is 0.0618 e. The van der Waals surface area contributed by atoms with Gasteiger partial charge < -0.3 is 5.73 Å². The highest BCUT2D eigenvalue weighted by atomic mass is 14.6. The summed E-state index contributed by atoms with van der Waals surface area (Å²) in [6.07, 6.45) is 0. The lowest BCUT2D eigenvalue weighted by atomic mass is 10.2. The van der Waals surface area contributed by atoms with E-state index in [2.05, 4.69) is 0 Å². The largest absolute Gasteiger partial charge is 0.300 e. The number of hydrogen-bond acceptors (Lipinski definition) is 0. The molecule has 0 heterocycles. The lowest BCUT2D eigenvalue weighted by Crippen LogP contribution is -1.66. The third-order valence-corrected chi connectivity index (χ3v) is 1.79. The molecular weight excluding hydrogens is 134 g/mol. The molecule has 0 unspecified atom stereocenters. The van der Waals surface area contributed by atoms with Crippen molar-refractivity contribution in [2.24, 2.45) is 0 Å². The van der Waals surface area contributed by atoms with Gasteiger partial charge in [-0.3, -0.25) is 0 Å². The number of fused-ring (bicyclic) bond motifs is 1. The Morgan fingerprint density at radius 2 is 1.64 bits per heavy atom.